The van der Waals surface area contributed by atoms with Gasteiger partial charge in [0.05, 0.1) is 0 Å². The highest BCUT2D eigenvalue weighted by molar-refractivity contribution is 4.58. The molecule has 20 heavy (non-hydrogen) atoms. The molecule has 0 saturated carbocycles. The van der Waals surface area contributed by atoms with Gasteiger partial charge in [-0.05, 0) is 37.8 Å². The molecule has 0 aromatic rings. The molecule has 0 amide bonds. The molecular formula is C19H41N. The molecule has 0 aliphatic heterocycles. The molecule has 0 rings (SSSR count). The van der Waals surface area contributed by atoms with Crippen molar-refractivity contribution < 1.29 is 0 Å². The molecule has 0 bridgehead atoms. The summed E-state index contributed by atoms with van der Waals surface area (Å²) in [6.45, 7) is 11.8. The summed E-state index contributed by atoms with van der Waals surface area (Å²) in [7, 11) is 0. The average molecular weight is 284 g/mol. The van der Waals surface area contributed by atoms with Gasteiger partial charge in [0.1, 0.15) is 0 Å². The van der Waals surface area contributed by atoms with E-state index in [1.807, 2.05) is 0 Å². The van der Waals surface area contributed by atoms with E-state index in [4.69, 9.17) is 0 Å². The summed E-state index contributed by atoms with van der Waals surface area (Å²) in [5.74, 6) is 1.76. The Bertz CT molecular complexity index is 177. The Morgan fingerprint density at radius 3 is 1.85 bits per heavy atom. The zero-order valence-electron chi connectivity index (χ0n) is 14.8. The van der Waals surface area contributed by atoms with Gasteiger partial charge in [0.15, 0.2) is 0 Å². The van der Waals surface area contributed by atoms with Gasteiger partial charge in [-0.15, -0.1) is 0 Å². The number of hydrogen-bond acceptors (Lipinski definition) is 1. The summed E-state index contributed by atoms with van der Waals surface area (Å²) in [6.07, 6.45) is 15.5. The van der Waals surface area contributed by atoms with Crippen LogP contribution in [0.25, 0.3) is 0 Å². The number of rotatable bonds is 15. The van der Waals surface area contributed by atoms with E-state index in [2.05, 4.69) is 33.0 Å². The largest absolute Gasteiger partial charge is 0.317 e. The Morgan fingerprint density at radius 2 is 1.25 bits per heavy atom. The highest BCUT2D eigenvalue weighted by Gasteiger charge is 2.03. The van der Waals surface area contributed by atoms with E-state index in [-0.39, 0.29) is 0 Å². The molecule has 122 valence electrons. The van der Waals surface area contributed by atoms with E-state index in [0.717, 1.165) is 11.8 Å². The molecule has 0 spiro atoms. The lowest BCUT2D eigenvalue weighted by Gasteiger charge is -2.13. The molecule has 0 aromatic carbocycles. The summed E-state index contributed by atoms with van der Waals surface area (Å²) >= 11 is 0. The molecule has 0 heterocycles. The van der Waals surface area contributed by atoms with Gasteiger partial charge in [-0.2, -0.15) is 0 Å². The van der Waals surface area contributed by atoms with Gasteiger partial charge in [-0.1, -0.05) is 85.5 Å². The molecule has 0 saturated heterocycles. The van der Waals surface area contributed by atoms with Gasteiger partial charge in [-0.3, -0.25) is 0 Å². The van der Waals surface area contributed by atoms with Gasteiger partial charge >= 0.3 is 0 Å². The van der Waals surface area contributed by atoms with Crippen LogP contribution in [0, 0.1) is 11.8 Å². The zero-order chi connectivity index (χ0) is 15.1. The smallest absolute Gasteiger partial charge is 0.00464 e. The van der Waals surface area contributed by atoms with Gasteiger partial charge in [0, 0.05) is 0 Å². The van der Waals surface area contributed by atoms with Crippen molar-refractivity contribution in [2.45, 2.75) is 98.3 Å². The second-order valence-electron chi connectivity index (χ2n) is 7.09. The van der Waals surface area contributed by atoms with Crippen LogP contribution in [0.15, 0.2) is 0 Å². The standard InChI is InChI=1S/C19H41N/c1-5-6-7-8-9-10-11-12-16-20-17-15-19(4)14-13-18(2)3/h18-20H,5-17H2,1-4H3. The fraction of sp³-hybridized carbons (Fsp3) is 1.00. The number of unbranched alkanes of at least 4 members (excludes halogenated alkanes) is 7. The fourth-order valence-electron chi connectivity index (χ4n) is 2.62. The van der Waals surface area contributed by atoms with Crippen molar-refractivity contribution in [2.24, 2.45) is 11.8 Å². The minimum absolute atomic E-state index is 0.864. The van der Waals surface area contributed by atoms with Gasteiger partial charge in [0.25, 0.3) is 0 Å². The van der Waals surface area contributed by atoms with Crippen LogP contribution in [0.2, 0.25) is 0 Å². The monoisotopic (exact) mass is 283 g/mol. The van der Waals surface area contributed by atoms with Crippen molar-refractivity contribution in [3.63, 3.8) is 0 Å². The first-order valence-electron chi connectivity index (χ1n) is 9.37. The minimum Gasteiger partial charge on any atom is -0.317 e. The van der Waals surface area contributed by atoms with Crippen molar-refractivity contribution in [2.75, 3.05) is 13.1 Å². The Labute approximate surface area is 129 Å². The van der Waals surface area contributed by atoms with Gasteiger partial charge < -0.3 is 5.32 Å². The van der Waals surface area contributed by atoms with Crippen LogP contribution >= 0.6 is 0 Å². The van der Waals surface area contributed by atoms with Crippen molar-refractivity contribution in [1.82, 2.24) is 5.32 Å². The van der Waals surface area contributed by atoms with Crippen molar-refractivity contribution in [3.8, 4) is 0 Å². The molecular weight excluding hydrogens is 242 g/mol. The van der Waals surface area contributed by atoms with Gasteiger partial charge in [-0.25, -0.2) is 0 Å². The summed E-state index contributed by atoms with van der Waals surface area (Å²) in [6, 6.07) is 0. The quantitative estimate of drug-likeness (QED) is 0.354. The van der Waals surface area contributed by atoms with E-state index in [1.54, 1.807) is 0 Å². The first kappa shape index (κ1) is 20.0. The predicted molar refractivity (Wildman–Crippen MR) is 93.3 cm³/mol. The molecule has 0 aromatic heterocycles. The van der Waals surface area contributed by atoms with E-state index < -0.39 is 0 Å². The highest BCUT2D eigenvalue weighted by atomic mass is 14.8. The SMILES string of the molecule is CCCCCCCCCCNCCC(C)CCC(C)C. The second-order valence-corrected chi connectivity index (χ2v) is 7.09. The first-order valence-corrected chi connectivity index (χ1v) is 9.37. The van der Waals surface area contributed by atoms with Crippen LogP contribution < -0.4 is 5.32 Å². The van der Waals surface area contributed by atoms with E-state index >= 15 is 0 Å². The highest BCUT2D eigenvalue weighted by Crippen LogP contribution is 2.14. The minimum atomic E-state index is 0.864. The van der Waals surface area contributed by atoms with Crippen molar-refractivity contribution >= 4 is 0 Å². The fourth-order valence-corrected chi connectivity index (χ4v) is 2.62. The summed E-state index contributed by atoms with van der Waals surface area (Å²) in [4.78, 5) is 0. The van der Waals surface area contributed by atoms with E-state index in [1.165, 1.54) is 83.7 Å². The third kappa shape index (κ3) is 16.0. The Morgan fingerprint density at radius 1 is 0.650 bits per heavy atom. The van der Waals surface area contributed by atoms with Crippen molar-refractivity contribution in [3.05, 3.63) is 0 Å². The molecule has 1 nitrogen and oxygen atoms in total. The van der Waals surface area contributed by atoms with E-state index in [0.29, 0.717) is 0 Å². The molecule has 0 aliphatic rings. The molecule has 0 aliphatic carbocycles. The number of hydrogen-bond donors (Lipinski definition) is 1. The summed E-state index contributed by atoms with van der Waals surface area (Å²) < 4.78 is 0. The molecule has 1 unspecified atom stereocenters. The van der Waals surface area contributed by atoms with Crippen LogP contribution in [0.5, 0.6) is 0 Å². The third-order valence-electron chi connectivity index (χ3n) is 4.26. The maximum Gasteiger partial charge on any atom is -0.00464 e. The van der Waals surface area contributed by atoms with Crippen LogP contribution in [0.1, 0.15) is 98.3 Å². The van der Waals surface area contributed by atoms with E-state index in [9.17, 15) is 0 Å². The average Bonchev–Trinajstić information content (AvgIpc) is 2.42. The van der Waals surface area contributed by atoms with Gasteiger partial charge in [0.2, 0.25) is 0 Å². The lowest BCUT2D eigenvalue weighted by atomic mass is 9.97. The van der Waals surface area contributed by atoms with Crippen LogP contribution in [0.3, 0.4) is 0 Å². The van der Waals surface area contributed by atoms with Crippen LogP contribution in [-0.2, 0) is 0 Å². The molecule has 1 N–H and O–H groups in total. The molecule has 0 fully saturated rings. The number of nitrogens with one attached hydrogen (secondary N) is 1. The summed E-state index contributed by atoms with van der Waals surface area (Å²) in [5, 5.41) is 3.62. The molecule has 0 radical (unpaired) electrons. The normalized spacial score (nSPS) is 13.1. The van der Waals surface area contributed by atoms with Crippen LogP contribution in [-0.4, -0.2) is 13.1 Å². The van der Waals surface area contributed by atoms with Crippen molar-refractivity contribution in [1.29, 1.82) is 0 Å². The maximum absolute atomic E-state index is 3.62. The molecule has 1 heteroatoms. The second kappa shape index (κ2) is 15.4. The Kier molecular flexibility index (Phi) is 15.3. The maximum atomic E-state index is 3.62. The van der Waals surface area contributed by atoms with Crippen LogP contribution in [0.4, 0.5) is 0 Å². The third-order valence-corrected chi connectivity index (χ3v) is 4.26. The zero-order valence-corrected chi connectivity index (χ0v) is 14.8. The Hall–Kier alpha value is -0.0400. The summed E-state index contributed by atoms with van der Waals surface area (Å²) in [5.41, 5.74) is 0. The molecule has 1 atom stereocenters. The Balaban J connectivity index is 3.09. The predicted octanol–water partition coefficient (Wildman–Crippen LogP) is 6.18. The lowest BCUT2D eigenvalue weighted by Crippen LogP contribution is -2.18. The lowest BCUT2D eigenvalue weighted by molar-refractivity contribution is 0.416. The topological polar surface area (TPSA) is 12.0 Å². The first-order chi connectivity index (χ1) is 9.66.